The number of rotatable bonds is 8. The van der Waals surface area contributed by atoms with Crippen molar-refractivity contribution in [2.45, 2.75) is 63.7 Å². The number of pyridine rings is 1. The summed E-state index contributed by atoms with van der Waals surface area (Å²) < 4.78 is 40.4. The lowest BCUT2D eigenvalue weighted by Crippen LogP contribution is -2.06. The summed E-state index contributed by atoms with van der Waals surface area (Å²) in [5.41, 5.74) is 4.10. The molecule has 6 nitrogen and oxygen atoms in total. The standard InChI is InChI=1S/C19H22FNO2.C10H15O3P.C3H6/c1-22-15-8-9-16(14-10-18(20)21-19(11-14)23-2)17(12-15)13-6-4-3-5-7-13;1-13-10-5-3-4-9(8-10)6-7-14(2,11)12;1-2-3-1/h8-13H,3-7H2,1-2H3;3-5,8H,6-7H2,1-2H3,(H,11,12);1-3H2. The third kappa shape index (κ3) is 10.9. The molecular weight excluding hydrogens is 528 g/mol. The largest absolute Gasteiger partial charge is 0.497 e. The number of methoxy groups -OCH3 is 3. The number of aromatic nitrogens is 1. The molecule has 1 unspecified atom stereocenters. The molecule has 1 atom stereocenters. The van der Waals surface area contributed by atoms with E-state index in [2.05, 4.69) is 11.1 Å². The van der Waals surface area contributed by atoms with E-state index < -0.39 is 13.3 Å². The Kier molecular flexibility index (Phi) is 12.5. The van der Waals surface area contributed by atoms with Crippen LogP contribution in [0, 0.1) is 5.95 Å². The molecule has 1 heterocycles. The van der Waals surface area contributed by atoms with Gasteiger partial charge in [0, 0.05) is 25.0 Å². The van der Waals surface area contributed by atoms with Gasteiger partial charge in [0.25, 0.3) is 0 Å². The monoisotopic (exact) mass is 571 g/mol. The SMILES string of the molecule is C1CC1.COc1ccc(-c2cc(F)nc(OC)c2)c(C2CCCCC2)c1.COc1cccc(CCP(C)(=O)O)c1. The number of nitrogens with zero attached hydrogens (tertiary/aromatic N) is 1. The van der Waals surface area contributed by atoms with Gasteiger partial charge in [-0.15, -0.1) is 0 Å². The molecule has 0 aliphatic heterocycles. The van der Waals surface area contributed by atoms with Crippen molar-refractivity contribution in [3.63, 3.8) is 0 Å². The van der Waals surface area contributed by atoms with Crippen LogP contribution < -0.4 is 14.2 Å². The highest BCUT2D eigenvalue weighted by Crippen LogP contribution is 2.40. The van der Waals surface area contributed by atoms with Gasteiger partial charge in [0.1, 0.15) is 11.5 Å². The van der Waals surface area contributed by atoms with Crippen molar-refractivity contribution in [1.29, 1.82) is 0 Å². The molecule has 2 aromatic carbocycles. The van der Waals surface area contributed by atoms with E-state index >= 15 is 0 Å². The first-order chi connectivity index (χ1) is 19.2. The first-order valence-corrected chi connectivity index (χ1v) is 16.3. The van der Waals surface area contributed by atoms with Gasteiger partial charge in [-0.05, 0) is 71.7 Å². The summed E-state index contributed by atoms with van der Waals surface area (Å²) in [5, 5.41) is 0. The van der Waals surface area contributed by atoms with Crippen LogP contribution >= 0.6 is 7.37 Å². The molecule has 0 amide bonds. The van der Waals surface area contributed by atoms with Crippen LogP contribution in [0.1, 0.15) is 68.4 Å². The minimum absolute atomic E-state index is 0.297. The van der Waals surface area contributed by atoms with Crippen molar-refractivity contribution < 1.29 is 28.1 Å². The van der Waals surface area contributed by atoms with Crippen LogP contribution in [0.4, 0.5) is 4.39 Å². The fourth-order valence-electron chi connectivity index (χ4n) is 4.58. The predicted molar refractivity (Wildman–Crippen MR) is 160 cm³/mol. The molecule has 5 rings (SSSR count). The Labute approximate surface area is 238 Å². The molecule has 2 saturated carbocycles. The second kappa shape index (κ2) is 15.8. The normalized spacial score (nSPS) is 15.8. The zero-order valence-corrected chi connectivity index (χ0v) is 25.1. The van der Waals surface area contributed by atoms with Crippen molar-refractivity contribution >= 4 is 7.37 Å². The highest BCUT2D eigenvalue weighted by Gasteiger charge is 2.21. The quantitative estimate of drug-likeness (QED) is 0.217. The number of ether oxygens (including phenoxy) is 3. The van der Waals surface area contributed by atoms with Crippen molar-refractivity contribution in [3.05, 3.63) is 71.7 Å². The minimum atomic E-state index is -2.90. The number of hydrogen-bond acceptors (Lipinski definition) is 5. The van der Waals surface area contributed by atoms with Crippen molar-refractivity contribution in [3.8, 4) is 28.5 Å². The summed E-state index contributed by atoms with van der Waals surface area (Å²) >= 11 is 0. The van der Waals surface area contributed by atoms with Crippen LogP contribution in [0.25, 0.3) is 11.1 Å². The van der Waals surface area contributed by atoms with E-state index in [1.807, 2.05) is 36.4 Å². The van der Waals surface area contributed by atoms with Crippen LogP contribution in [0.5, 0.6) is 17.4 Å². The molecule has 1 aromatic heterocycles. The maximum Gasteiger partial charge on any atom is 0.216 e. The van der Waals surface area contributed by atoms with Gasteiger partial charge in [0.05, 0.1) is 21.3 Å². The number of benzene rings is 2. The van der Waals surface area contributed by atoms with Gasteiger partial charge in [0.2, 0.25) is 11.8 Å². The Bertz CT molecular complexity index is 1250. The van der Waals surface area contributed by atoms with Crippen molar-refractivity contribution in [2.75, 3.05) is 34.2 Å². The molecule has 0 radical (unpaired) electrons. The number of halogens is 1. The van der Waals surface area contributed by atoms with Crippen LogP contribution in [0.2, 0.25) is 0 Å². The number of hydrogen-bond donors (Lipinski definition) is 1. The van der Waals surface area contributed by atoms with Gasteiger partial charge in [-0.3, -0.25) is 4.57 Å². The lowest BCUT2D eigenvalue weighted by molar-refractivity contribution is 0.387. The molecule has 8 heteroatoms. The smallest absolute Gasteiger partial charge is 0.216 e. The summed E-state index contributed by atoms with van der Waals surface area (Å²) in [6.07, 6.45) is 11.6. The summed E-state index contributed by atoms with van der Waals surface area (Å²) in [4.78, 5) is 12.9. The van der Waals surface area contributed by atoms with Crippen LogP contribution in [0.15, 0.2) is 54.6 Å². The average molecular weight is 572 g/mol. The summed E-state index contributed by atoms with van der Waals surface area (Å²) in [7, 11) is 1.89. The highest BCUT2D eigenvalue weighted by molar-refractivity contribution is 7.57. The fourth-order valence-corrected chi connectivity index (χ4v) is 5.25. The summed E-state index contributed by atoms with van der Waals surface area (Å²) in [6.45, 7) is 1.38. The van der Waals surface area contributed by atoms with E-state index in [0.29, 0.717) is 24.4 Å². The van der Waals surface area contributed by atoms with Gasteiger partial charge < -0.3 is 19.1 Å². The maximum absolute atomic E-state index is 13.8. The van der Waals surface area contributed by atoms with E-state index in [4.69, 9.17) is 19.1 Å². The second-order valence-electron chi connectivity index (χ2n) is 10.4. The maximum atomic E-state index is 13.8. The van der Waals surface area contributed by atoms with E-state index in [9.17, 15) is 8.96 Å². The lowest BCUT2D eigenvalue weighted by atomic mass is 9.81. The number of aryl methyl sites for hydroxylation is 1. The molecular formula is C32H43FNO5P. The van der Waals surface area contributed by atoms with E-state index in [0.717, 1.165) is 28.2 Å². The molecule has 2 aliphatic rings. The summed E-state index contributed by atoms with van der Waals surface area (Å²) in [5.74, 6) is 1.90. The Morgan fingerprint density at radius 3 is 2.12 bits per heavy atom. The van der Waals surface area contributed by atoms with Gasteiger partial charge in [-0.25, -0.2) is 0 Å². The Hall–Kier alpha value is -2.89. The molecule has 2 aliphatic carbocycles. The third-order valence-electron chi connectivity index (χ3n) is 6.90. The molecule has 0 bridgehead atoms. The van der Waals surface area contributed by atoms with E-state index in [-0.39, 0.29) is 0 Å². The van der Waals surface area contributed by atoms with Gasteiger partial charge >= 0.3 is 0 Å². The topological polar surface area (TPSA) is 77.9 Å². The average Bonchev–Trinajstić information content (AvgIpc) is 3.86. The molecule has 3 aromatic rings. The van der Waals surface area contributed by atoms with Crippen LogP contribution in [0.3, 0.4) is 0 Å². The zero-order chi connectivity index (χ0) is 29.0. The van der Waals surface area contributed by atoms with Gasteiger partial charge in [0.15, 0.2) is 7.37 Å². The third-order valence-corrected chi connectivity index (χ3v) is 7.95. The fraction of sp³-hybridized carbons (Fsp3) is 0.469. The Balaban J connectivity index is 0.000000219. The lowest BCUT2D eigenvalue weighted by Gasteiger charge is -2.25. The molecule has 0 spiro atoms. The van der Waals surface area contributed by atoms with Gasteiger partial charge in [-0.1, -0.05) is 56.7 Å². The second-order valence-corrected chi connectivity index (χ2v) is 13.0. The van der Waals surface area contributed by atoms with E-state index in [1.54, 1.807) is 20.3 Å². The molecule has 1 N–H and O–H groups in total. The molecule has 218 valence electrons. The summed E-state index contributed by atoms with van der Waals surface area (Å²) in [6, 6.07) is 16.8. The Morgan fingerprint density at radius 2 is 1.52 bits per heavy atom. The molecule has 40 heavy (non-hydrogen) atoms. The van der Waals surface area contributed by atoms with Crippen molar-refractivity contribution in [2.24, 2.45) is 0 Å². The van der Waals surface area contributed by atoms with Crippen molar-refractivity contribution in [1.82, 2.24) is 4.98 Å². The Morgan fingerprint density at radius 1 is 0.875 bits per heavy atom. The first-order valence-electron chi connectivity index (χ1n) is 14.0. The minimum Gasteiger partial charge on any atom is -0.497 e. The molecule has 2 fully saturated rings. The highest BCUT2D eigenvalue weighted by atomic mass is 31.2. The van der Waals surface area contributed by atoms with Crippen LogP contribution in [-0.2, 0) is 11.0 Å². The van der Waals surface area contributed by atoms with Crippen LogP contribution in [-0.4, -0.2) is 44.0 Å². The predicted octanol–water partition coefficient (Wildman–Crippen LogP) is 8.26. The zero-order valence-electron chi connectivity index (χ0n) is 24.2. The van der Waals surface area contributed by atoms with E-state index in [1.165, 1.54) is 76.8 Å². The molecule has 0 saturated heterocycles. The first kappa shape index (κ1) is 31.6. The van der Waals surface area contributed by atoms with Gasteiger partial charge in [-0.2, -0.15) is 9.37 Å².